The van der Waals surface area contributed by atoms with Gasteiger partial charge >= 0.3 is 0 Å². The van der Waals surface area contributed by atoms with Crippen LogP contribution < -0.4 is 4.72 Å². The lowest BCUT2D eigenvalue weighted by molar-refractivity contribution is 0.199. The Morgan fingerprint density at radius 3 is 3.00 bits per heavy atom. The fourth-order valence-electron chi connectivity index (χ4n) is 0.925. The number of nitrogens with zero attached hydrogens (tertiary/aromatic N) is 1. The van der Waals surface area contributed by atoms with Crippen LogP contribution in [0.5, 0.6) is 0 Å². The largest absolute Gasteiger partial charge is 0.385 e. The highest BCUT2D eigenvalue weighted by molar-refractivity contribution is 7.92. The molecule has 80 valence electrons. The number of H-pyrrole nitrogens is 1. The van der Waals surface area contributed by atoms with Crippen molar-refractivity contribution >= 4 is 15.8 Å². The number of rotatable bonds is 6. The molecule has 0 spiro atoms. The molecule has 0 unspecified atom stereocenters. The second kappa shape index (κ2) is 4.97. The van der Waals surface area contributed by atoms with Crippen LogP contribution in [0.15, 0.2) is 12.3 Å². The van der Waals surface area contributed by atoms with E-state index >= 15 is 0 Å². The topological polar surface area (TPSA) is 84.1 Å². The van der Waals surface area contributed by atoms with Gasteiger partial charge in [0.2, 0.25) is 10.0 Å². The first-order chi connectivity index (χ1) is 6.64. The van der Waals surface area contributed by atoms with Gasteiger partial charge in [-0.05, 0) is 6.42 Å². The van der Waals surface area contributed by atoms with Gasteiger partial charge in [-0.15, -0.1) is 0 Å². The van der Waals surface area contributed by atoms with Gasteiger partial charge in [-0.1, -0.05) is 0 Å². The first kappa shape index (κ1) is 11.0. The molecule has 1 aromatic rings. The number of hydrogen-bond acceptors (Lipinski definition) is 4. The summed E-state index contributed by atoms with van der Waals surface area (Å²) in [6, 6.07) is 1.55. The molecule has 1 rings (SSSR count). The first-order valence-corrected chi connectivity index (χ1v) is 5.78. The third-order valence-corrected chi connectivity index (χ3v) is 2.88. The van der Waals surface area contributed by atoms with E-state index in [2.05, 4.69) is 14.9 Å². The summed E-state index contributed by atoms with van der Waals surface area (Å²) in [4.78, 5) is 0. The molecule has 0 aliphatic rings. The Balaban J connectivity index is 2.42. The van der Waals surface area contributed by atoms with Crippen molar-refractivity contribution in [2.24, 2.45) is 0 Å². The maximum absolute atomic E-state index is 11.4. The van der Waals surface area contributed by atoms with Crippen molar-refractivity contribution in [3.8, 4) is 0 Å². The van der Waals surface area contributed by atoms with Crippen molar-refractivity contribution in [1.29, 1.82) is 0 Å². The molecule has 0 aliphatic heterocycles. The molecular weight excluding hydrogens is 206 g/mol. The smallest absolute Gasteiger partial charge is 0.233 e. The second-order valence-electron chi connectivity index (χ2n) is 2.74. The van der Waals surface area contributed by atoms with Crippen LogP contribution in [-0.2, 0) is 14.8 Å². The molecule has 0 atom stereocenters. The van der Waals surface area contributed by atoms with E-state index < -0.39 is 10.0 Å². The lowest BCUT2D eigenvalue weighted by atomic mass is 10.5. The van der Waals surface area contributed by atoms with Crippen LogP contribution in [0.2, 0.25) is 0 Å². The minimum absolute atomic E-state index is 0.0415. The number of anilines is 1. The van der Waals surface area contributed by atoms with E-state index in [-0.39, 0.29) is 5.75 Å². The van der Waals surface area contributed by atoms with Gasteiger partial charge in [0.1, 0.15) is 5.82 Å². The van der Waals surface area contributed by atoms with Crippen molar-refractivity contribution in [3.63, 3.8) is 0 Å². The second-order valence-corrected chi connectivity index (χ2v) is 4.58. The molecule has 1 heterocycles. The molecule has 0 saturated heterocycles. The number of aromatic nitrogens is 2. The van der Waals surface area contributed by atoms with Gasteiger partial charge in [0.25, 0.3) is 0 Å². The number of sulfonamides is 1. The van der Waals surface area contributed by atoms with Crippen molar-refractivity contribution < 1.29 is 13.2 Å². The summed E-state index contributed by atoms with van der Waals surface area (Å²) in [6.45, 7) is 0.434. The van der Waals surface area contributed by atoms with Gasteiger partial charge in [0.15, 0.2) is 0 Å². The van der Waals surface area contributed by atoms with Gasteiger partial charge in [-0.3, -0.25) is 9.82 Å². The Kier molecular flexibility index (Phi) is 3.90. The summed E-state index contributed by atoms with van der Waals surface area (Å²) in [5, 5.41) is 6.14. The lowest BCUT2D eigenvalue weighted by Gasteiger charge is -2.04. The van der Waals surface area contributed by atoms with Crippen LogP contribution in [0.1, 0.15) is 6.42 Å². The molecule has 0 aromatic carbocycles. The maximum atomic E-state index is 11.4. The van der Waals surface area contributed by atoms with Gasteiger partial charge in [0.05, 0.1) is 11.9 Å². The Bertz CT molecular complexity index is 346. The first-order valence-electron chi connectivity index (χ1n) is 4.13. The van der Waals surface area contributed by atoms with E-state index in [0.29, 0.717) is 18.8 Å². The Labute approximate surface area is 82.7 Å². The molecule has 6 nitrogen and oxygen atoms in total. The average molecular weight is 219 g/mol. The summed E-state index contributed by atoms with van der Waals surface area (Å²) in [5.41, 5.74) is 0. The van der Waals surface area contributed by atoms with Crippen LogP contribution in [-0.4, -0.2) is 38.1 Å². The van der Waals surface area contributed by atoms with Gasteiger partial charge in [-0.2, -0.15) is 5.10 Å². The summed E-state index contributed by atoms with van der Waals surface area (Å²) in [6.07, 6.45) is 1.95. The normalized spacial score (nSPS) is 11.5. The monoisotopic (exact) mass is 219 g/mol. The van der Waals surface area contributed by atoms with Crippen LogP contribution in [0.4, 0.5) is 5.82 Å². The molecule has 0 amide bonds. The van der Waals surface area contributed by atoms with E-state index in [9.17, 15) is 8.42 Å². The molecule has 0 saturated carbocycles. The molecule has 0 bridgehead atoms. The molecule has 2 N–H and O–H groups in total. The highest BCUT2D eigenvalue weighted by Crippen LogP contribution is 2.03. The van der Waals surface area contributed by atoms with E-state index in [1.54, 1.807) is 6.07 Å². The zero-order valence-corrected chi connectivity index (χ0v) is 8.67. The van der Waals surface area contributed by atoms with E-state index in [1.807, 2.05) is 0 Å². The number of nitrogens with one attached hydrogen (secondary N) is 2. The minimum Gasteiger partial charge on any atom is -0.385 e. The quantitative estimate of drug-likeness (QED) is 0.669. The standard InChI is InChI=1S/C7H13N3O3S/c1-13-5-2-6-14(11,12)10-7-3-4-8-9-7/h3-4H,2,5-6H2,1H3,(H2,8,9,10). The zero-order valence-electron chi connectivity index (χ0n) is 7.86. The van der Waals surface area contributed by atoms with Gasteiger partial charge < -0.3 is 4.74 Å². The number of aromatic amines is 1. The highest BCUT2D eigenvalue weighted by Gasteiger charge is 2.09. The fraction of sp³-hybridized carbons (Fsp3) is 0.571. The molecule has 0 aliphatic carbocycles. The molecule has 0 fully saturated rings. The number of hydrogen-bond donors (Lipinski definition) is 2. The van der Waals surface area contributed by atoms with Crippen LogP contribution in [0.25, 0.3) is 0 Å². The summed E-state index contributed by atoms with van der Waals surface area (Å²) in [7, 11) is -1.74. The Hall–Kier alpha value is -1.08. The predicted molar refractivity (Wildman–Crippen MR) is 52.5 cm³/mol. The molecular formula is C7H13N3O3S. The predicted octanol–water partition coefficient (Wildman–Crippen LogP) is 0.188. The number of methoxy groups -OCH3 is 1. The van der Waals surface area contributed by atoms with E-state index in [1.165, 1.54) is 13.3 Å². The maximum Gasteiger partial charge on any atom is 0.233 e. The molecule has 0 radical (unpaired) electrons. The molecule has 14 heavy (non-hydrogen) atoms. The summed E-state index contributed by atoms with van der Waals surface area (Å²) >= 11 is 0. The van der Waals surface area contributed by atoms with Crippen LogP contribution >= 0.6 is 0 Å². The molecule has 1 aromatic heterocycles. The summed E-state index contributed by atoms with van der Waals surface area (Å²) < 4.78 is 29.8. The Morgan fingerprint density at radius 2 is 2.43 bits per heavy atom. The third-order valence-electron chi connectivity index (χ3n) is 1.53. The van der Waals surface area contributed by atoms with Crippen molar-refractivity contribution in [2.45, 2.75) is 6.42 Å². The van der Waals surface area contributed by atoms with Crippen LogP contribution in [0, 0.1) is 0 Å². The van der Waals surface area contributed by atoms with Crippen LogP contribution in [0.3, 0.4) is 0 Å². The highest BCUT2D eigenvalue weighted by atomic mass is 32.2. The average Bonchev–Trinajstić information content (AvgIpc) is 2.56. The minimum atomic E-state index is -3.28. The van der Waals surface area contributed by atoms with E-state index in [0.717, 1.165) is 0 Å². The fourth-order valence-corrected chi connectivity index (χ4v) is 1.97. The van der Waals surface area contributed by atoms with Gasteiger partial charge in [-0.25, -0.2) is 8.42 Å². The molecule has 7 heteroatoms. The Morgan fingerprint density at radius 1 is 1.64 bits per heavy atom. The van der Waals surface area contributed by atoms with Crippen molar-refractivity contribution in [1.82, 2.24) is 10.2 Å². The van der Waals surface area contributed by atoms with Crippen molar-refractivity contribution in [3.05, 3.63) is 12.3 Å². The summed E-state index contributed by atoms with van der Waals surface area (Å²) in [5.74, 6) is 0.419. The third kappa shape index (κ3) is 3.75. The SMILES string of the molecule is COCCCS(=O)(=O)Nc1ccn[nH]1. The number of ether oxygens (including phenoxy) is 1. The van der Waals surface area contributed by atoms with Gasteiger partial charge in [0, 0.05) is 19.8 Å². The van der Waals surface area contributed by atoms with E-state index in [4.69, 9.17) is 4.74 Å². The zero-order chi connectivity index (χ0) is 10.4. The van der Waals surface area contributed by atoms with Crippen molar-refractivity contribution in [2.75, 3.05) is 24.2 Å². The lowest BCUT2D eigenvalue weighted by Crippen LogP contribution is -2.17.